The van der Waals surface area contributed by atoms with Crippen LogP contribution in [0.4, 0.5) is 0 Å². The number of hydrogen-bond acceptors (Lipinski definition) is 6. The van der Waals surface area contributed by atoms with Crippen LogP contribution in [0.15, 0.2) is 37.1 Å². The van der Waals surface area contributed by atoms with Crippen LogP contribution in [0.3, 0.4) is 0 Å². The molecule has 0 aliphatic heterocycles. The zero-order valence-corrected chi connectivity index (χ0v) is 12.7. The Kier molecular flexibility index (Phi) is 6.25. The van der Waals surface area contributed by atoms with Gasteiger partial charge < -0.3 is 19.8 Å². The fraction of sp³-hybridized carbons (Fsp3) is 0.333. The average molecular weight is 318 g/mol. The molecule has 0 aromatic carbocycles. The maximum absolute atomic E-state index is 12.2. The number of nitrogens with zero attached hydrogens (tertiary/aromatic N) is 2. The van der Waals surface area contributed by atoms with Crippen LogP contribution < -0.4 is 5.32 Å². The minimum atomic E-state index is -0.850. The molecule has 1 amide bonds. The molecule has 0 saturated carbocycles. The number of imidazole rings is 1. The van der Waals surface area contributed by atoms with Gasteiger partial charge in [0.05, 0.1) is 6.33 Å². The Morgan fingerprint density at radius 2 is 2.09 bits per heavy atom. The molecule has 0 aliphatic rings. The summed E-state index contributed by atoms with van der Waals surface area (Å²) >= 11 is 0. The number of aromatic amines is 1. The number of pyridine rings is 1. The minimum absolute atomic E-state index is 0.153. The number of aromatic nitrogens is 3. The van der Waals surface area contributed by atoms with Crippen molar-refractivity contribution in [2.75, 3.05) is 13.4 Å². The van der Waals surface area contributed by atoms with E-state index in [0.717, 1.165) is 0 Å². The smallest absolute Gasteiger partial charge is 0.331 e. The summed E-state index contributed by atoms with van der Waals surface area (Å²) in [6, 6.07) is 2.28. The van der Waals surface area contributed by atoms with Gasteiger partial charge in [-0.1, -0.05) is 0 Å². The summed E-state index contributed by atoms with van der Waals surface area (Å²) < 4.78 is 10.0. The number of H-pyrrole nitrogens is 1. The molecule has 0 fully saturated rings. The normalized spacial score (nSPS) is 11.7. The largest absolute Gasteiger partial charge is 0.437 e. The van der Waals surface area contributed by atoms with Crippen LogP contribution in [0.5, 0.6) is 0 Å². The van der Waals surface area contributed by atoms with E-state index in [9.17, 15) is 9.59 Å². The van der Waals surface area contributed by atoms with Gasteiger partial charge in [0.25, 0.3) is 5.91 Å². The predicted molar refractivity (Wildman–Crippen MR) is 80.4 cm³/mol. The lowest BCUT2D eigenvalue weighted by molar-refractivity contribution is -0.158. The van der Waals surface area contributed by atoms with Gasteiger partial charge in [0.2, 0.25) is 0 Å². The number of nitrogens with one attached hydrogen (secondary N) is 2. The number of carbonyl (C=O) groups is 2. The zero-order chi connectivity index (χ0) is 16.5. The first-order valence-corrected chi connectivity index (χ1v) is 7.13. The summed E-state index contributed by atoms with van der Waals surface area (Å²) in [7, 11) is 0. The molecule has 0 radical (unpaired) electrons. The summed E-state index contributed by atoms with van der Waals surface area (Å²) in [6.07, 6.45) is 6.34. The predicted octanol–water partition coefficient (Wildman–Crippen LogP) is 0.683. The molecule has 2 aromatic rings. The van der Waals surface area contributed by atoms with Crippen LogP contribution in [0, 0.1) is 0 Å². The second-order valence-electron chi connectivity index (χ2n) is 4.62. The Morgan fingerprint density at radius 3 is 2.74 bits per heavy atom. The lowest BCUT2D eigenvalue weighted by atomic mass is 10.1. The first kappa shape index (κ1) is 16.6. The molecular weight excluding hydrogens is 300 g/mol. The molecular formula is C15H18N4O4. The van der Waals surface area contributed by atoms with Gasteiger partial charge in [-0.05, 0) is 19.1 Å². The van der Waals surface area contributed by atoms with E-state index in [1.165, 1.54) is 18.7 Å². The van der Waals surface area contributed by atoms with E-state index in [4.69, 9.17) is 9.47 Å². The molecule has 23 heavy (non-hydrogen) atoms. The number of ether oxygens (including phenoxy) is 2. The van der Waals surface area contributed by atoms with Crippen molar-refractivity contribution >= 4 is 11.9 Å². The van der Waals surface area contributed by atoms with Crippen molar-refractivity contribution in [1.82, 2.24) is 20.3 Å². The molecule has 0 spiro atoms. The lowest BCUT2D eigenvalue weighted by Crippen LogP contribution is -2.43. The van der Waals surface area contributed by atoms with Gasteiger partial charge >= 0.3 is 5.97 Å². The van der Waals surface area contributed by atoms with Crippen LogP contribution in [0.2, 0.25) is 0 Å². The van der Waals surface area contributed by atoms with Crippen LogP contribution >= 0.6 is 0 Å². The average Bonchev–Trinajstić information content (AvgIpc) is 3.08. The third-order valence-corrected chi connectivity index (χ3v) is 3.00. The third-order valence-electron chi connectivity index (χ3n) is 3.00. The summed E-state index contributed by atoms with van der Waals surface area (Å²) in [5.74, 6) is -0.958. The maximum Gasteiger partial charge on any atom is 0.331 e. The first-order chi connectivity index (χ1) is 11.2. The highest BCUT2D eigenvalue weighted by atomic mass is 16.7. The van der Waals surface area contributed by atoms with Crippen LogP contribution in [-0.4, -0.2) is 46.3 Å². The van der Waals surface area contributed by atoms with Gasteiger partial charge in [-0.3, -0.25) is 9.78 Å². The van der Waals surface area contributed by atoms with Crippen molar-refractivity contribution < 1.29 is 19.1 Å². The van der Waals surface area contributed by atoms with E-state index in [2.05, 4.69) is 20.3 Å². The topological polar surface area (TPSA) is 106 Å². The second-order valence-corrected chi connectivity index (χ2v) is 4.62. The fourth-order valence-corrected chi connectivity index (χ4v) is 1.84. The van der Waals surface area contributed by atoms with Crippen molar-refractivity contribution in [3.63, 3.8) is 0 Å². The summed E-state index contributed by atoms with van der Waals surface area (Å²) in [5, 5.41) is 2.65. The van der Waals surface area contributed by atoms with E-state index >= 15 is 0 Å². The molecule has 8 nitrogen and oxygen atoms in total. The van der Waals surface area contributed by atoms with E-state index in [0.29, 0.717) is 17.9 Å². The molecule has 1 atom stereocenters. The molecule has 2 heterocycles. The van der Waals surface area contributed by atoms with E-state index in [1.54, 1.807) is 25.3 Å². The highest BCUT2D eigenvalue weighted by molar-refractivity contribution is 5.96. The number of carbonyl (C=O) groups excluding carboxylic acids is 2. The highest BCUT2D eigenvalue weighted by Gasteiger charge is 2.24. The molecule has 0 bridgehead atoms. The molecule has 2 N–H and O–H groups in total. The van der Waals surface area contributed by atoms with Gasteiger partial charge in [-0.2, -0.15) is 0 Å². The third kappa shape index (κ3) is 5.19. The Balaban J connectivity index is 2.03. The van der Waals surface area contributed by atoms with Crippen LogP contribution in [-0.2, 0) is 20.7 Å². The Hall–Kier alpha value is -2.74. The quantitative estimate of drug-likeness (QED) is 0.421. The molecule has 2 rings (SSSR count). The fourth-order valence-electron chi connectivity index (χ4n) is 1.84. The van der Waals surface area contributed by atoms with Gasteiger partial charge in [-0.15, -0.1) is 0 Å². The number of hydrogen-bond donors (Lipinski definition) is 2. The molecule has 2 aromatic heterocycles. The van der Waals surface area contributed by atoms with Crippen molar-refractivity contribution in [1.29, 1.82) is 0 Å². The van der Waals surface area contributed by atoms with E-state index < -0.39 is 12.0 Å². The van der Waals surface area contributed by atoms with Gasteiger partial charge in [0.1, 0.15) is 6.04 Å². The van der Waals surface area contributed by atoms with Crippen LogP contribution in [0.25, 0.3) is 0 Å². The highest BCUT2D eigenvalue weighted by Crippen LogP contribution is 2.04. The number of esters is 1. The van der Waals surface area contributed by atoms with Crippen LogP contribution in [0.1, 0.15) is 23.0 Å². The number of rotatable bonds is 8. The number of amides is 1. The van der Waals surface area contributed by atoms with Gasteiger partial charge in [-0.25, -0.2) is 9.78 Å². The van der Waals surface area contributed by atoms with Crippen molar-refractivity contribution in [3.8, 4) is 0 Å². The Morgan fingerprint density at radius 1 is 1.30 bits per heavy atom. The van der Waals surface area contributed by atoms with Crippen molar-refractivity contribution in [2.24, 2.45) is 0 Å². The monoisotopic (exact) mass is 318 g/mol. The molecule has 8 heteroatoms. The molecule has 122 valence electrons. The Labute approximate surface area is 133 Å². The zero-order valence-electron chi connectivity index (χ0n) is 12.7. The molecule has 0 unspecified atom stereocenters. The summed E-state index contributed by atoms with van der Waals surface area (Å²) in [5.41, 5.74) is 1.12. The van der Waals surface area contributed by atoms with Gasteiger partial charge in [0, 0.05) is 42.9 Å². The second kappa shape index (κ2) is 8.64. The first-order valence-electron chi connectivity index (χ1n) is 7.13. The maximum atomic E-state index is 12.2. The van der Waals surface area contributed by atoms with Crippen molar-refractivity contribution in [2.45, 2.75) is 19.4 Å². The van der Waals surface area contributed by atoms with Crippen molar-refractivity contribution in [3.05, 3.63) is 48.3 Å². The van der Waals surface area contributed by atoms with E-state index in [-0.39, 0.29) is 19.1 Å². The standard InChI is InChI=1S/C15H18N4O4/c1-2-22-10-23-15(21)13(7-12-8-17-9-18-12)19-14(20)11-3-5-16-6-4-11/h3-6,8-9,13H,2,7,10H2,1H3,(H,17,18)(H,19,20)/t13-/m1/s1. The minimum Gasteiger partial charge on any atom is -0.437 e. The summed E-state index contributed by atoms with van der Waals surface area (Å²) in [6.45, 7) is 2.07. The van der Waals surface area contributed by atoms with Gasteiger partial charge in [0.15, 0.2) is 6.79 Å². The molecule has 0 saturated heterocycles. The lowest BCUT2D eigenvalue weighted by Gasteiger charge is -2.17. The SMILES string of the molecule is CCOCOC(=O)[C@@H](Cc1cnc[nH]1)NC(=O)c1ccncc1. The molecule has 0 aliphatic carbocycles. The Bertz CT molecular complexity index is 616. The summed E-state index contributed by atoms with van der Waals surface area (Å²) in [4.78, 5) is 35.0. The van der Waals surface area contributed by atoms with E-state index in [1.807, 2.05) is 0 Å².